The van der Waals surface area contributed by atoms with Crippen molar-refractivity contribution in [3.05, 3.63) is 16.6 Å². The topological polar surface area (TPSA) is 81.4 Å². The Balaban J connectivity index is 3.19. The van der Waals surface area contributed by atoms with Gasteiger partial charge in [0.15, 0.2) is 0 Å². The van der Waals surface area contributed by atoms with E-state index in [0.717, 1.165) is 6.07 Å². The first-order valence-electron chi connectivity index (χ1n) is 4.68. The molecule has 102 valence electrons. The van der Waals surface area contributed by atoms with Crippen LogP contribution in [0.4, 0.5) is 14.5 Å². The first kappa shape index (κ1) is 15.1. The smallest absolute Gasteiger partial charge is 0.251 e. The number of sulfonamides is 1. The molecule has 0 aliphatic heterocycles. The summed E-state index contributed by atoms with van der Waals surface area (Å²) in [7, 11) is -2.83. The number of ether oxygens (including phenoxy) is 1. The van der Waals surface area contributed by atoms with E-state index < -0.39 is 23.0 Å². The van der Waals surface area contributed by atoms with E-state index in [9.17, 15) is 17.2 Å². The summed E-state index contributed by atoms with van der Waals surface area (Å²) in [5.41, 5.74) is 5.71. The molecular weight excluding hydrogens is 334 g/mol. The van der Waals surface area contributed by atoms with Crippen molar-refractivity contribution in [2.24, 2.45) is 0 Å². The molecule has 1 aromatic rings. The van der Waals surface area contributed by atoms with Crippen molar-refractivity contribution < 1.29 is 21.9 Å². The second-order valence-corrected chi connectivity index (χ2v) is 5.86. The van der Waals surface area contributed by atoms with Crippen LogP contribution in [0.1, 0.15) is 0 Å². The highest BCUT2D eigenvalue weighted by atomic mass is 79.9. The zero-order valence-electron chi connectivity index (χ0n) is 9.28. The lowest BCUT2D eigenvalue weighted by Gasteiger charge is -2.12. The summed E-state index contributed by atoms with van der Waals surface area (Å²) in [5.74, 6) is 0.0119. The Morgan fingerprint density at radius 1 is 1.50 bits per heavy atom. The van der Waals surface area contributed by atoms with Gasteiger partial charge in [-0.05, 0) is 28.1 Å². The molecule has 0 fully saturated rings. The van der Waals surface area contributed by atoms with Gasteiger partial charge in [-0.2, -0.15) is 0 Å². The summed E-state index contributed by atoms with van der Waals surface area (Å²) in [4.78, 5) is -0.286. The predicted octanol–water partition coefficient (Wildman–Crippen LogP) is 1.58. The summed E-state index contributed by atoms with van der Waals surface area (Å²) in [5, 5.41) is 0. The van der Waals surface area contributed by atoms with E-state index in [1.165, 1.54) is 13.2 Å². The summed E-state index contributed by atoms with van der Waals surface area (Å²) >= 11 is 3.11. The number of methoxy groups -OCH3 is 1. The SMILES string of the molecule is COc1cc(Br)c(N)cc1S(=O)(=O)NCC(F)F. The Bertz CT molecular complexity index is 537. The maximum atomic E-state index is 12.0. The van der Waals surface area contributed by atoms with Crippen molar-refractivity contribution in [2.75, 3.05) is 19.4 Å². The minimum Gasteiger partial charge on any atom is -0.495 e. The molecule has 0 bridgehead atoms. The fraction of sp³-hybridized carbons (Fsp3) is 0.333. The zero-order chi connectivity index (χ0) is 13.9. The number of hydrogen-bond acceptors (Lipinski definition) is 4. The van der Waals surface area contributed by atoms with Crippen LogP contribution in [0.5, 0.6) is 5.75 Å². The molecule has 3 N–H and O–H groups in total. The van der Waals surface area contributed by atoms with Gasteiger partial charge in [-0.1, -0.05) is 0 Å². The lowest BCUT2D eigenvalue weighted by atomic mass is 10.3. The van der Waals surface area contributed by atoms with Crippen molar-refractivity contribution >= 4 is 31.6 Å². The first-order valence-corrected chi connectivity index (χ1v) is 6.96. The minimum atomic E-state index is -4.09. The molecule has 9 heteroatoms. The van der Waals surface area contributed by atoms with Crippen LogP contribution < -0.4 is 15.2 Å². The van der Waals surface area contributed by atoms with Crippen molar-refractivity contribution in [2.45, 2.75) is 11.3 Å². The van der Waals surface area contributed by atoms with Crippen LogP contribution in [0.15, 0.2) is 21.5 Å². The van der Waals surface area contributed by atoms with Gasteiger partial charge in [-0.25, -0.2) is 21.9 Å². The highest BCUT2D eigenvalue weighted by Gasteiger charge is 2.22. The summed E-state index contributed by atoms with van der Waals surface area (Å²) < 4.78 is 54.7. The highest BCUT2D eigenvalue weighted by molar-refractivity contribution is 9.10. The molecule has 0 saturated heterocycles. The van der Waals surface area contributed by atoms with Gasteiger partial charge in [0, 0.05) is 10.2 Å². The predicted molar refractivity (Wildman–Crippen MR) is 66.3 cm³/mol. The van der Waals surface area contributed by atoms with E-state index in [4.69, 9.17) is 10.5 Å². The van der Waals surface area contributed by atoms with Gasteiger partial charge >= 0.3 is 0 Å². The average molecular weight is 345 g/mol. The third-order valence-corrected chi connectivity index (χ3v) is 4.13. The number of alkyl halides is 2. The van der Waals surface area contributed by atoms with Gasteiger partial charge in [0.1, 0.15) is 10.6 Å². The summed E-state index contributed by atoms with van der Waals surface area (Å²) in [6, 6.07) is 2.49. The molecule has 0 aromatic heterocycles. The molecule has 0 amide bonds. The van der Waals surface area contributed by atoms with Gasteiger partial charge < -0.3 is 10.5 Å². The minimum absolute atomic E-state index is 0.0119. The molecule has 0 aliphatic carbocycles. The Morgan fingerprint density at radius 3 is 2.61 bits per heavy atom. The Morgan fingerprint density at radius 2 is 2.11 bits per heavy atom. The first-order chi connectivity index (χ1) is 8.27. The lowest BCUT2D eigenvalue weighted by Crippen LogP contribution is -2.29. The number of anilines is 1. The molecule has 0 heterocycles. The number of nitrogens with two attached hydrogens (primary N) is 1. The maximum absolute atomic E-state index is 12.0. The number of benzene rings is 1. The average Bonchev–Trinajstić information content (AvgIpc) is 2.29. The standard InChI is InChI=1S/C9H11BrF2N2O3S/c1-17-7-2-5(10)6(13)3-8(7)18(15,16)14-4-9(11)12/h2-3,9,14H,4,13H2,1H3. The number of hydrogen-bond donors (Lipinski definition) is 2. The quantitative estimate of drug-likeness (QED) is 0.794. The molecular formula is C9H11BrF2N2O3S. The normalized spacial score (nSPS) is 11.8. The van der Waals surface area contributed by atoms with Gasteiger partial charge in [-0.15, -0.1) is 0 Å². The Labute approximate surface area is 111 Å². The Kier molecular flexibility index (Phi) is 4.88. The van der Waals surface area contributed by atoms with E-state index in [2.05, 4.69) is 15.9 Å². The van der Waals surface area contributed by atoms with Crippen LogP contribution in [-0.4, -0.2) is 28.5 Å². The van der Waals surface area contributed by atoms with E-state index in [1.54, 1.807) is 4.72 Å². The highest BCUT2D eigenvalue weighted by Crippen LogP contribution is 2.32. The van der Waals surface area contributed by atoms with Crippen molar-refractivity contribution in [1.29, 1.82) is 0 Å². The van der Waals surface area contributed by atoms with Crippen molar-refractivity contribution in [3.63, 3.8) is 0 Å². The van der Waals surface area contributed by atoms with Crippen LogP contribution in [0.2, 0.25) is 0 Å². The molecule has 0 saturated carbocycles. The van der Waals surface area contributed by atoms with Crippen LogP contribution in [0.3, 0.4) is 0 Å². The molecule has 18 heavy (non-hydrogen) atoms. The maximum Gasteiger partial charge on any atom is 0.251 e. The van der Waals surface area contributed by atoms with E-state index in [0.29, 0.717) is 4.47 Å². The fourth-order valence-corrected chi connectivity index (χ4v) is 2.68. The van der Waals surface area contributed by atoms with Crippen LogP contribution >= 0.6 is 15.9 Å². The van der Waals surface area contributed by atoms with Crippen LogP contribution in [0.25, 0.3) is 0 Å². The summed E-state index contributed by atoms with van der Waals surface area (Å²) in [6.45, 7) is -0.971. The molecule has 1 aromatic carbocycles. The molecule has 1 rings (SSSR count). The summed E-state index contributed by atoms with van der Waals surface area (Å²) in [6.07, 6.45) is -2.78. The second kappa shape index (κ2) is 5.81. The molecule has 0 spiro atoms. The number of nitrogens with one attached hydrogen (secondary N) is 1. The van der Waals surface area contributed by atoms with Gasteiger partial charge in [-0.3, -0.25) is 0 Å². The molecule has 0 aliphatic rings. The number of halogens is 3. The fourth-order valence-electron chi connectivity index (χ4n) is 1.17. The van der Waals surface area contributed by atoms with E-state index >= 15 is 0 Å². The largest absolute Gasteiger partial charge is 0.495 e. The van der Waals surface area contributed by atoms with Gasteiger partial charge in [0.05, 0.1) is 13.7 Å². The zero-order valence-corrected chi connectivity index (χ0v) is 11.7. The van der Waals surface area contributed by atoms with Gasteiger partial charge in [0.25, 0.3) is 6.43 Å². The Hall–Kier alpha value is -0.930. The molecule has 0 radical (unpaired) electrons. The second-order valence-electron chi connectivity index (χ2n) is 3.27. The molecule has 0 unspecified atom stereocenters. The van der Waals surface area contributed by atoms with Crippen molar-refractivity contribution in [1.82, 2.24) is 4.72 Å². The number of nitrogen functional groups attached to an aromatic ring is 1. The van der Waals surface area contributed by atoms with E-state index in [1.807, 2.05) is 0 Å². The molecule has 5 nitrogen and oxygen atoms in total. The lowest BCUT2D eigenvalue weighted by molar-refractivity contribution is 0.153. The third-order valence-electron chi connectivity index (χ3n) is 2.00. The monoisotopic (exact) mass is 344 g/mol. The third kappa shape index (κ3) is 3.53. The molecule has 0 atom stereocenters. The van der Waals surface area contributed by atoms with Crippen LogP contribution in [0, 0.1) is 0 Å². The van der Waals surface area contributed by atoms with Crippen LogP contribution in [-0.2, 0) is 10.0 Å². The van der Waals surface area contributed by atoms with Gasteiger partial charge in [0.2, 0.25) is 10.0 Å². The number of rotatable bonds is 5. The van der Waals surface area contributed by atoms with E-state index in [-0.39, 0.29) is 16.3 Å². The van der Waals surface area contributed by atoms with Crippen molar-refractivity contribution in [3.8, 4) is 5.75 Å².